The lowest BCUT2D eigenvalue weighted by atomic mass is 10.1. The largest absolute Gasteiger partial charge is 0.497 e. The molecule has 0 fully saturated rings. The summed E-state index contributed by atoms with van der Waals surface area (Å²) in [5, 5.41) is 10.2. The van der Waals surface area contributed by atoms with Crippen molar-refractivity contribution in [1.82, 2.24) is 15.5 Å². The number of H-pyrrole nitrogens is 1. The number of aromatic nitrogens is 2. The minimum absolute atomic E-state index is 0.227. The topological polar surface area (TPSA) is 59.2 Å². The molecule has 0 aliphatic carbocycles. The Bertz CT molecular complexity index is 511. The Morgan fingerprint density at radius 3 is 2.79 bits per heavy atom. The summed E-state index contributed by atoms with van der Waals surface area (Å²) >= 11 is 0. The molecule has 1 unspecified atom stereocenters. The van der Waals surface area contributed by atoms with Crippen molar-refractivity contribution >= 4 is 0 Å². The van der Waals surface area contributed by atoms with Crippen LogP contribution < -0.4 is 14.8 Å². The lowest BCUT2D eigenvalue weighted by Crippen LogP contribution is -2.18. The molecule has 0 radical (unpaired) electrons. The van der Waals surface area contributed by atoms with E-state index in [0.29, 0.717) is 0 Å². The molecule has 0 aliphatic rings. The van der Waals surface area contributed by atoms with E-state index in [1.807, 2.05) is 30.6 Å². The maximum atomic E-state index is 5.37. The number of hydrogen-bond acceptors (Lipinski definition) is 4. The number of methoxy groups -OCH3 is 2. The molecule has 19 heavy (non-hydrogen) atoms. The normalized spacial score (nSPS) is 12.2. The van der Waals surface area contributed by atoms with Crippen LogP contribution in [0.3, 0.4) is 0 Å². The van der Waals surface area contributed by atoms with Gasteiger partial charge >= 0.3 is 0 Å². The minimum atomic E-state index is 0.227. The molecule has 0 spiro atoms. The van der Waals surface area contributed by atoms with Gasteiger partial charge in [0.25, 0.3) is 0 Å². The highest BCUT2D eigenvalue weighted by atomic mass is 16.5. The van der Waals surface area contributed by atoms with Gasteiger partial charge in [0, 0.05) is 36.0 Å². The van der Waals surface area contributed by atoms with Crippen LogP contribution in [-0.2, 0) is 6.54 Å². The Hall–Kier alpha value is -2.01. The molecule has 0 amide bonds. The zero-order valence-electron chi connectivity index (χ0n) is 11.4. The summed E-state index contributed by atoms with van der Waals surface area (Å²) in [7, 11) is 3.31. The molecule has 2 rings (SSSR count). The number of rotatable bonds is 6. The van der Waals surface area contributed by atoms with Gasteiger partial charge in [-0.1, -0.05) is 6.07 Å². The third-order valence-corrected chi connectivity index (χ3v) is 3.11. The van der Waals surface area contributed by atoms with Crippen molar-refractivity contribution in [3.63, 3.8) is 0 Å². The maximum Gasteiger partial charge on any atom is 0.127 e. The summed E-state index contributed by atoms with van der Waals surface area (Å²) in [6.07, 6.45) is 3.71. The van der Waals surface area contributed by atoms with Crippen LogP contribution in [0.4, 0.5) is 0 Å². The fourth-order valence-corrected chi connectivity index (χ4v) is 1.88. The molecule has 1 aromatic heterocycles. The van der Waals surface area contributed by atoms with Crippen LogP contribution >= 0.6 is 0 Å². The first-order valence-corrected chi connectivity index (χ1v) is 6.17. The number of aromatic amines is 1. The highest BCUT2D eigenvalue weighted by Gasteiger charge is 2.09. The molecule has 0 bridgehead atoms. The van der Waals surface area contributed by atoms with Crippen LogP contribution in [0, 0.1) is 0 Å². The molecule has 1 heterocycles. The van der Waals surface area contributed by atoms with Gasteiger partial charge in [0.1, 0.15) is 11.5 Å². The van der Waals surface area contributed by atoms with Crippen LogP contribution in [0.1, 0.15) is 24.1 Å². The summed E-state index contributed by atoms with van der Waals surface area (Å²) in [5.41, 5.74) is 2.23. The van der Waals surface area contributed by atoms with Gasteiger partial charge in [-0.25, -0.2) is 0 Å². The molecule has 2 aromatic rings. The summed E-state index contributed by atoms with van der Waals surface area (Å²) in [5.74, 6) is 1.62. The molecule has 0 saturated carbocycles. The molecule has 0 aliphatic heterocycles. The van der Waals surface area contributed by atoms with Crippen molar-refractivity contribution in [3.05, 3.63) is 41.7 Å². The monoisotopic (exact) mass is 261 g/mol. The van der Waals surface area contributed by atoms with Crippen LogP contribution in [0.25, 0.3) is 0 Å². The Morgan fingerprint density at radius 1 is 1.32 bits per heavy atom. The predicted octanol–water partition coefficient (Wildman–Crippen LogP) is 2.28. The van der Waals surface area contributed by atoms with E-state index in [1.165, 1.54) is 0 Å². The number of benzene rings is 1. The third kappa shape index (κ3) is 3.26. The smallest absolute Gasteiger partial charge is 0.127 e. The summed E-state index contributed by atoms with van der Waals surface area (Å²) in [6.45, 7) is 2.82. The fraction of sp³-hybridized carbons (Fsp3) is 0.357. The van der Waals surface area contributed by atoms with E-state index < -0.39 is 0 Å². The SMILES string of the molecule is COc1ccc(CNC(C)c2cn[nH]c2)c(OC)c1. The second-order valence-corrected chi connectivity index (χ2v) is 4.31. The van der Waals surface area contributed by atoms with E-state index in [9.17, 15) is 0 Å². The van der Waals surface area contributed by atoms with E-state index >= 15 is 0 Å². The highest BCUT2D eigenvalue weighted by Crippen LogP contribution is 2.25. The van der Waals surface area contributed by atoms with Gasteiger partial charge in [0.15, 0.2) is 0 Å². The summed E-state index contributed by atoms with van der Waals surface area (Å²) < 4.78 is 10.6. The highest BCUT2D eigenvalue weighted by molar-refractivity contribution is 5.40. The van der Waals surface area contributed by atoms with E-state index in [2.05, 4.69) is 22.4 Å². The first-order chi connectivity index (χ1) is 9.24. The van der Waals surface area contributed by atoms with Crippen LogP contribution in [0.5, 0.6) is 11.5 Å². The molecule has 1 aromatic carbocycles. The molecule has 0 saturated heterocycles. The molecule has 102 valence electrons. The van der Waals surface area contributed by atoms with Crippen LogP contribution in [0.2, 0.25) is 0 Å². The first-order valence-electron chi connectivity index (χ1n) is 6.17. The minimum Gasteiger partial charge on any atom is -0.497 e. The van der Waals surface area contributed by atoms with Crippen molar-refractivity contribution in [1.29, 1.82) is 0 Å². The number of nitrogens with one attached hydrogen (secondary N) is 2. The quantitative estimate of drug-likeness (QED) is 0.837. The number of nitrogens with zero attached hydrogens (tertiary/aromatic N) is 1. The summed E-state index contributed by atoms with van der Waals surface area (Å²) in [6, 6.07) is 6.06. The van der Waals surface area contributed by atoms with Crippen LogP contribution in [-0.4, -0.2) is 24.4 Å². The van der Waals surface area contributed by atoms with Crippen LogP contribution in [0.15, 0.2) is 30.6 Å². The number of ether oxygens (including phenoxy) is 2. The fourth-order valence-electron chi connectivity index (χ4n) is 1.88. The van der Waals surface area contributed by atoms with Gasteiger partial charge in [0.05, 0.1) is 20.4 Å². The van der Waals surface area contributed by atoms with Crippen molar-refractivity contribution in [2.45, 2.75) is 19.5 Å². The third-order valence-electron chi connectivity index (χ3n) is 3.11. The summed E-state index contributed by atoms with van der Waals surface area (Å²) in [4.78, 5) is 0. The van der Waals surface area contributed by atoms with Crippen molar-refractivity contribution in [2.75, 3.05) is 14.2 Å². The lowest BCUT2D eigenvalue weighted by molar-refractivity contribution is 0.389. The van der Waals surface area contributed by atoms with E-state index in [0.717, 1.165) is 29.2 Å². The Kier molecular flexibility index (Phi) is 4.41. The van der Waals surface area contributed by atoms with E-state index in [1.54, 1.807) is 14.2 Å². The van der Waals surface area contributed by atoms with Gasteiger partial charge in [-0.15, -0.1) is 0 Å². The Labute approximate surface area is 112 Å². The average molecular weight is 261 g/mol. The Balaban J connectivity index is 2.03. The second-order valence-electron chi connectivity index (χ2n) is 4.31. The lowest BCUT2D eigenvalue weighted by Gasteiger charge is -2.14. The first kappa shape index (κ1) is 13.4. The van der Waals surface area contributed by atoms with E-state index in [4.69, 9.17) is 9.47 Å². The molecule has 5 heteroatoms. The molecule has 5 nitrogen and oxygen atoms in total. The van der Waals surface area contributed by atoms with Crippen molar-refractivity contribution in [3.8, 4) is 11.5 Å². The molecule has 2 N–H and O–H groups in total. The van der Waals surface area contributed by atoms with Gasteiger partial charge in [-0.3, -0.25) is 5.10 Å². The van der Waals surface area contributed by atoms with Gasteiger partial charge in [0.2, 0.25) is 0 Å². The number of hydrogen-bond donors (Lipinski definition) is 2. The second kappa shape index (κ2) is 6.24. The molecule has 1 atom stereocenters. The van der Waals surface area contributed by atoms with E-state index in [-0.39, 0.29) is 6.04 Å². The average Bonchev–Trinajstić information content (AvgIpc) is 2.98. The van der Waals surface area contributed by atoms with Crippen molar-refractivity contribution < 1.29 is 9.47 Å². The maximum absolute atomic E-state index is 5.37. The predicted molar refractivity (Wildman–Crippen MR) is 73.4 cm³/mol. The van der Waals surface area contributed by atoms with Gasteiger partial charge in [-0.2, -0.15) is 5.10 Å². The standard InChI is InChI=1S/C14H19N3O2/c1-10(12-8-16-17-9-12)15-7-11-4-5-13(18-2)6-14(11)19-3/h4-6,8-10,15H,7H2,1-3H3,(H,16,17). The molecular weight excluding hydrogens is 242 g/mol. The zero-order chi connectivity index (χ0) is 13.7. The van der Waals surface area contributed by atoms with Gasteiger partial charge in [-0.05, 0) is 13.0 Å². The van der Waals surface area contributed by atoms with Gasteiger partial charge < -0.3 is 14.8 Å². The molecular formula is C14H19N3O2. The van der Waals surface area contributed by atoms with Crippen molar-refractivity contribution in [2.24, 2.45) is 0 Å². The zero-order valence-corrected chi connectivity index (χ0v) is 11.4. The Morgan fingerprint density at radius 2 is 2.16 bits per heavy atom.